The standard InChI is InChI=1S/C12H15ClF3N3O/c1-19-9(12(14,15)16)8(10(13)18-19)17-11(20)7-5-3-2-4-6-7/h7H,2-6H2,1H3,(H,17,20). The molecule has 0 aromatic carbocycles. The molecule has 0 radical (unpaired) electrons. The number of nitrogens with one attached hydrogen (secondary N) is 1. The van der Waals surface area contributed by atoms with E-state index in [1.807, 2.05) is 0 Å². The second kappa shape index (κ2) is 5.63. The predicted octanol–water partition coefficient (Wildman–Crippen LogP) is 3.61. The van der Waals surface area contributed by atoms with Crippen LogP contribution in [0.15, 0.2) is 0 Å². The van der Waals surface area contributed by atoms with Gasteiger partial charge in [-0.1, -0.05) is 30.9 Å². The van der Waals surface area contributed by atoms with Gasteiger partial charge in [-0.05, 0) is 12.8 Å². The molecule has 0 unspecified atom stereocenters. The predicted molar refractivity (Wildman–Crippen MR) is 68.4 cm³/mol. The average molecular weight is 310 g/mol. The van der Waals surface area contributed by atoms with Gasteiger partial charge in [-0.15, -0.1) is 0 Å². The van der Waals surface area contributed by atoms with Gasteiger partial charge in [0, 0.05) is 13.0 Å². The Hall–Kier alpha value is -1.24. The van der Waals surface area contributed by atoms with Crippen LogP contribution in [-0.4, -0.2) is 15.7 Å². The lowest BCUT2D eigenvalue weighted by Crippen LogP contribution is -2.26. The van der Waals surface area contributed by atoms with Gasteiger partial charge in [0.25, 0.3) is 0 Å². The molecule has 1 aromatic heterocycles. The first-order chi connectivity index (χ1) is 9.30. The molecule has 0 atom stereocenters. The molecule has 8 heteroatoms. The second-order valence-electron chi connectivity index (χ2n) is 4.96. The van der Waals surface area contributed by atoms with E-state index in [2.05, 4.69) is 10.4 Å². The summed E-state index contributed by atoms with van der Waals surface area (Å²) < 4.78 is 39.5. The Labute approximate surface area is 119 Å². The van der Waals surface area contributed by atoms with Crippen LogP contribution in [0.3, 0.4) is 0 Å². The van der Waals surface area contributed by atoms with Gasteiger partial charge in [-0.3, -0.25) is 9.48 Å². The zero-order valence-electron chi connectivity index (χ0n) is 10.9. The normalized spacial score (nSPS) is 17.2. The number of aryl methyl sites for hydroxylation is 1. The van der Waals surface area contributed by atoms with Crippen LogP contribution < -0.4 is 5.32 Å². The monoisotopic (exact) mass is 309 g/mol. The summed E-state index contributed by atoms with van der Waals surface area (Å²) in [5, 5.41) is 5.48. The van der Waals surface area contributed by atoms with E-state index < -0.39 is 23.5 Å². The van der Waals surface area contributed by atoms with Crippen molar-refractivity contribution in [2.75, 3.05) is 5.32 Å². The molecule has 112 valence electrons. The first kappa shape index (κ1) is 15.2. The van der Waals surface area contributed by atoms with E-state index >= 15 is 0 Å². The van der Waals surface area contributed by atoms with Gasteiger partial charge >= 0.3 is 6.18 Å². The number of carbonyl (C=O) groups is 1. The van der Waals surface area contributed by atoms with Crippen molar-refractivity contribution in [1.82, 2.24) is 9.78 Å². The van der Waals surface area contributed by atoms with E-state index in [1.165, 1.54) is 0 Å². The average Bonchev–Trinajstić information content (AvgIpc) is 2.64. The van der Waals surface area contributed by atoms with Gasteiger partial charge < -0.3 is 5.32 Å². The van der Waals surface area contributed by atoms with E-state index in [1.54, 1.807) is 0 Å². The number of alkyl halides is 3. The smallest absolute Gasteiger partial charge is 0.321 e. The molecule has 1 aliphatic rings. The van der Waals surface area contributed by atoms with Crippen LogP contribution in [0.25, 0.3) is 0 Å². The lowest BCUT2D eigenvalue weighted by atomic mass is 9.88. The van der Waals surface area contributed by atoms with Gasteiger partial charge in [0.2, 0.25) is 5.91 Å². The van der Waals surface area contributed by atoms with E-state index in [9.17, 15) is 18.0 Å². The van der Waals surface area contributed by atoms with Crippen molar-refractivity contribution in [1.29, 1.82) is 0 Å². The van der Waals surface area contributed by atoms with Crippen molar-refractivity contribution >= 4 is 23.2 Å². The lowest BCUT2D eigenvalue weighted by molar-refractivity contribution is -0.143. The van der Waals surface area contributed by atoms with Crippen LogP contribution >= 0.6 is 11.6 Å². The van der Waals surface area contributed by atoms with Crippen LogP contribution in [0.4, 0.5) is 18.9 Å². The molecule has 1 aromatic rings. The van der Waals surface area contributed by atoms with Crippen molar-refractivity contribution in [3.8, 4) is 0 Å². The highest BCUT2D eigenvalue weighted by atomic mass is 35.5. The maximum absolute atomic E-state index is 12.9. The summed E-state index contributed by atoms with van der Waals surface area (Å²) in [6.07, 6.45) is -0.318. The van der Waals surface area contributed by atoms with Gasteiger partial charge in [0.05, 0.1) is 0 Å². The van der Waals surface area contributed by atoms with Crippen molar-refractivity contribution < 1.29 is 18.0 Å². The lowest BCUT2D eigenvalue weighted by Gasteiger charge is -2.21. The molecule has 20 heavy (non-hydrogen) atoms. The minimum atomic E-state index is -4.62. The maximum Gasteiger partial charge on any atom is 0.435 e. The summed E-state index contributed by atoms with van der Waals surface area (Å²) >= 11 is 5.69. The van der Waals surface area contributed by atoms with Crippen LogP contribution in [0, 0.1) is 5.92 Å². The number of hydrogen-bond acceptors (Lipinski definition) is 2. The third-order valence-corrected chi connectivity index (χ3v) is 3.76. The van der Waals surface area contributed by atoms with E-state index in [0.29, 0.717) is 17.5 Å². The largest absolute Gasteiger partial charge is 0.435 e. The number of rotatable bonds is 2. The Morgan fingerprint density at radius 3 is 2.50 bits per heavy atom. The quantitative estimate of drug-likeness (QED) is 0.907. The van der Waals surface area contributed by atoms with E-state index in [-0.39, 0.29) is 11.1 Å². The minimum Gasteiger partial charge on any atom is -0.321 e. The minimum absolute atomic E-state index is 0.249. The van der Waals surface area contributed by atoms with Gasteiger partial charge in [-0.25, -0.2) is 0 Å². The van der Waals surface area contributed by atoms with Crippen molar-refractivity contribution in [3.63, 3.8) is 0 Å². The number of aromatic nitrogens is 2. The van der Waals surface area contributed by atoms with Crippen LogP contribution in [0.2, 0.25) is 5.15 Å². The maximum atomic E-state index is 12.9. The molecule has 1 aliphatic carbocycles. The fourth-order valence-corrected chi connectivity index (χ4v) is 2.77. The van der Waals surface area contributed by atoms with Crippen molar-refractivity contribution in [2.45, 2.75) is 38.3 Å². The third kappa shape index (κ3) is 3.08. The Bertz CT molecular complexity index is 507. The number of hydrogen-bond donors (Lipinski definition) is 1. The molecule has 1 N–H and O–H groups in total. The fraction of sp³-hybridized carbons (Fsp3) is 0.667. The molecule has 2 rings (SSSR count). The summed E-state index contributed by atoms with van der Waals surface area (Å²) in [6.45, 7) is 0. The summed E-state index contributed by atoms with van der Waals surface area (Å²) in [5.74, 6) is -0.661. The zero-order valence-corrected chi connectivity index (χ0v) is 11.7. The molecule has 0 bridgehead atoms. The van der Waals surface area contributed by atoms with E-state index in [0.717, 1.165) is 26.3 Å². The van der Waals surface area contributed by atoms with Crippen LogP contribution in [0.5, 0.6) is 0 Å². The van der Waals surface area contributed by atoms with E-state index in [4.69, 9.17) is 11.6 Å². The molecular formula is C12H15ClF3N3O. The third-order valence-electron chi connectivity index (χ3n) is 3.50. The van der Waals surface area contributed by atoms with Crippen molar-refractivity contribution in [3.05, 3.63) is 10.8 Å². The zero-order chi connectivity index (χ0) is 14.9. The number of amides is 1. The highest BCUT2D eigenvalue weighted by Gasteiger charge is 2.40. The van der Waals surface area contributed by atoms with Crippen LogP contribution in [-0.2, 0) is 18.0 Å². The summed E-state index contributed by atoms with van der Waals surface area (Å²) in [4.78, 5) is 12.0. The molecule has 0 saturated heterocycles. The van der Waals surface area contributed by atoms with Crippen LogP contribution in [0.1, 0.15) is 37.8 Å². The molecule has 0 spiro atoms. The number of nitrogens with zero attached hydrogens (tertiary/aromatic N) is 2. The van der Waals surface area contributed by atoms with Gasteiger partial charge in [0.15, 0.2) is 10.8 Å². The second-order valence-corrected chi connectivity index (χ2v) is 5.32. The molecule has 1 amide bonds. The molecule has 1 heterocycles. The Kier molecular flexibility index (Phi) is 4.27. The van der Waals surface area contributed by atoms with Gasteiger partial charge in [-0.2, -0.15) is 18.3 Å². The Balaban J connectivity index is 2.22. The molecule has 1 saturated carbocycles. The number of carbonyl (C=O) groups excluding carboxylic acids is 1. The Morgan fingerprint density at radius 1 is 1.35 bits per heavy atom. The summed E-state index contributed by atoms with van der Waals surface area (Å²) in [7, 11) is 1.14. The summed E-state index contributed by atoms with van der Waals surface area (Å²) in [6, 6.07) is 0. The molecule has 0 aliphatic heterocycles. The molecule has 1 fully saturated rings. The highest BCUT2D eigenvalue weighted by molar-refractivity contribution is 6.32. The first-order valence-corrected chi connectivity index (χ1v) is 6.79. The highest BCUT2D eigenvalue weighted by Crippen LogP contribution is 2.38. The number of halogens is 4. The Morgan fingerprint density at radius 2 is 1.95 bits per heavy atom. The first-order valence-electron chi connectivity index (χ1n) is 6.41. The van der Waals surface area contributed by atoms with Crippen molar-refractivity contribution in [2.24, 2.45) is 13.0 Å². The van der Waals surface area contributed by atoms with Gasteiger partial charge in [0.1, 0.15) is 5.69 Å². The number of anilines is 1. The molecule has 4 nitrogen and oxygen atoms in total. The SMILES string of the molecule is Cn1nc(Cl)c(NC(=O)C2CCCCC2)c1C(F)(F)F. The molecular weight excluding hydrogens is 295 g/mol. The summed E-state index contributed by atoms with van der Waals surface area (Å²) in [5.41, 5.74) is -1.48. The fourth-order valence-electron chi connectivity index (χ4n) is 2.52. The topological polar surface area (TPSA) is 46.9 Å².